The lowest BCUT2D eigenvalue weighted by Crippen LogP contribution is -2.28. The summed E-state index contributed by atoms with van der Waals surface area (Å²) < 4.78 is 1.81. The minimum absolute atomic E-state index is 0.334. The number of para-hydroxylation sites is 2. The van der Waals surface area contributed by atoms with Crippen LogP contribution in [-0.4, -0.2) is 31.7 Å². The van der Waals surface area contributed by atoms with Gasteiger partial charge in [0, 0.05) is 33.2 Å². The highest BCUT2D eigenvalue weighted by atomic mass is 35.5. The van der Waals surface area contributed by atoms with Gasteiger partial charge < -0.3 is 10.3 Å². The molecule has 2 heterocycles. The second-order valence-corrected chi connectivity index (χ2v) is 9.61. The lowest BCUT2D eigenvalue weighted by atomic mass is 10.0. The van der Waals surface area contributed by atoms with E-state index in [9.17, 15) is 0 Å². The van der Waals surface area contributed by atoms with Gasteiger partial charge in [-0.05, 0) is 78.1 Å². The van der Waals surface area contributed by atoms with Crippen LogP contribution in [0.4, 0.5) is 0 Å². The van der Waals surface area contributed by atoms with Gasteiger partial charge in [0.1, 0.15) is 0 Å². The second-order valence-electron chi connectivity index (χ2n) is 8.77. The van der Waals surface area contributed by atoms with Crippen molar-refractivity contribution in [1.82, 2.24) is 30.5 Å². The molecule has 178 valence electrons. The fourth-order valence-electron chi connectivity index (χ4n) is 4.75. The molecule has 0 spiro atoms. The number of rotatable bonds is 7. The Hall–Kier alpha value is -3.19. The molecule has 2 aromatic heterocycles. The van der Waals surface area contributed by atoms with E-state index in [0.29, 0.717) is 22.4 Å². The number of tetrazole rings is 1. The van der Waals surface area contributed by atoms with Crippen molar-refractivity contribution in [2.24, 2.45) is 0 Å². The normalized spacial score (nSPS) is 12.4. The summed E-state index contributed by atoms with van der Waals surface area (Å²) in [5, 5.41) is 18.9. The molecule has 0 aliphatic heterocycles. The highest BCUT2D eigenvalue weighted by molar-refractivity contribution is 6.35. The van der Waals surface area contributed by atoms with Crippen molar-refractivity contribution in [3.8, 4) is 5.69 Å². The molecule has 8 heteroatoms. The Morgan fingerprint density at radius 1 is 0.971 bits per heavy atom. The summed E-state index contributed by atoms with van der Waals surface area (Å²) >= 11 is 12.9. The van der Waals surface area contributed by atoms with Gasteiger partial charge in [0.05, 0.1) is 11.7 Å². The summed E-state index contributed by atoms with van der Waals surface area (Å²) in [6.45, 7) is 6.94. The van der Waals surface area contributed by atoms with E-state index in [1.54, 1.807) is 6.07 Å². The van der Waals surface area contributed by atoms with E-state index in [0.717, 1.165) is 34.3 Å². The van der Waals surface area contributed by atoms with Gasteiger partial charge in [-0.1, -0.05) is 65.7 Å². The molecule has 0 saturated heterocycles. The monoisotopic (exact) mass is 504 g/mol. The lowest BCUT2D eigenvalue weighted by Gasteiger charge is -2.21. The molecule has 0 amide bonds. The molecular weight excluding hydrogens is 479 g/mol. The maximum Gasteiger partial charge on any atom is 0.178 e. The summed E-state index contributed by atoms with van der Waals surface area (Å²) in [5.41, 5.74) is 7.64. The minimum atomic E-state index is -0.334. The van der Waals surface area contributed by atoms with Crippen molar-refractivity contribution in [3.05, 3.63) is 104 Å². The average Bonchev–Trinajstić information content (AvgIpc) is 3.41. The molecule has 0 aliphatic carbocycles. The van der Waals surface area contributed by atoms with E-state index < -0.39 is 0 Å². The van der Waals surface area contributed by atoms with Crippen LogP contribution in [-0.2, 0) is 6.42 Å². The van der Waals surface area contributed by atoms with Crippen molar-refractivity contribution >= 4 is 34.1 Å². The van der Waals surface area contributed by atoms with Gasteiger partial charge in [-0.3, -0.25) is 0 Å². The van der Waals surface area contributed by atoms with Crippen molar-refractivity contribution in [3.63, 3.8) is 0 Å². The van der Waals surface area contributed by atoms with Gasteiger partial charge in [-0.15, -0.1) is 5.10 Å². The molecule has 1 atom stereocenters. The van der Waals surface area contributed by atoms with E-state index in [4.69, 9.17) is 23.2 Å². The molecule has 5 aromatic rings. The van der Waals surface area contributed by atoms with Gasteiger partial charge in [0.2, 0.25) is 0 Å². The molecule has 5 rings (SSSR count). The summed E-state index contributed by atoms with van der Waals surface area (Å²) in [5.74, 6) is 0.669. The predicted molar refractivity (Wildman–Crippen MR) is 142 cm³/mol. The number of halogens is 2. The number of H-pyrrole nitrogens is 1. The molecule has 3 aromatic carbocycles. The van der Waals surface area contributed by atoms with Crippen LogP contribution in [0.2, 0.25) is 10.0 Å². The molecule has 2 N–H and O–H groups in total. The molecule has 6 nitrogen and oxygen atoms in total. The first-order valence-corrected chi connectivity index (χ1v) is 12.3. The Balaban J connectivity index is 1.52. The van der Waals surface area contributed by atoms with Gasteiger partial charge >= 0.3 is 0 Å². The Bertz CT molecular complexity index is 1480. The number of fused-ring (bicyclic) bond motifs is 1. The molecule has 0 fully saturated rings. The molecule has 0 radical (unpaired) electrons. The Morgan fingerprint density at radius 2 is 1.74 bits per heavy atom. The number of nitrogens with one attached hydrogen (secondary N) is 2. The van der Waals surface area contributed by atoms with Gasteiger partial charge in [-0.25, -0.2) is 0 Å². The molecule has 0 bridgehead atoms. The number of aromatic nitrogens is 5. The minimum Gasteiger partial charge on any atom is -0.358 e. The van der Waals surface area contributed by atoms with Crippen molar-refractivity contribution < 1.29 is 0 Å². The molecule has 0 unspecified atom stereocenters. The van der Waals surface area contributed by atoms with Crippen LogP contribution < -0.4 is 5.32 Å². The summed E-state index contributed by atoms with van der Waals surface area (Å²) in [6.07, 6.45) is 0.836. The van der Waals surface area contributed by atoms with E-state index in [2.05, 4.69) is 76.9 Å². The summed E-state index contributed by atoms with van der Waals surface area (Å²) in [7, 11) is 0. The average molecular weight is 505 g/mol. The Labute approximate surface area is 214 Å². The Kier molecular flexibility index (Phi) is 6.60. The van der Waals surface area contributed by atoms with E-state index in [1.807, 2.05) is 28.9 Å². The zero-order chi connectivity index (χ0) is 24.5. The fraction of sp³-hybridized carbons (Fsp3) is 0.222. The van der Waals surface area contributed by atoms with Crippen molar-refractivity contribution in [2.75, 3.05) is 6.54 Å². The zero-order valence-electron chi connectivity index (χ0n) is 19.8. The van der Waals surface area contributed by atoms with Crippen LogP contribution in [0.1, 0.15) is 39.8 Å². The lowest BCUT2D eigenvalue weighted by molar-refractivity contribution is 0.562. The molecular formula is C27H26Cl2N6. The number of hydrogen-bond donors (Lipinski definition) is 2. The van der Waals surface area contributed by atoms with Crippen LogP contribution in [0.5, 0.6) is 0 Å². The number of hydrogen-bond acceptors (Lipinski definition) is 4. The van der Waals surface area contributed by atoms with Crippen LogP contribution in [0, 0.1) is 20.8 Å². The van der Waals surface area contributed by atoms with Crippen LogP contribution >= 0.6 is 23.2 Å². The predicted octanol–water partition coefficient (Wildman–Crippen LogP) is 6.30. The molecule has 0 aliphatic rings. The standard InChI is InChI=1S/C27H26Cl2N6/c1-16-7-6-8-17(2)26(16)35-27(32-33-34-35)25(22-12-11-19(28)15-23(22)29)30-14-13-20-18(3)31-24-10-5-4-9-21(20)24/h4-12,15,25,30-31H,13-14H2,1-3H3/t25-/m1/s1. The third-order valence-corrected chi connectivity index (χ3v) is 6.99. The van der Waals surface area contributed by atoms with E-state index >= 15 is 0 Å². The number of aryl methyl sites for hydroxylation is 3. The Morgan fingerprint density at radius 3 is 2.51 bits per heavy atom. The topological polar surface area (TPSA) is 71.4 Å². The van der Waals surface area contributed by atoms with Crippen molar-refractivity contribution in [1.29, 1.82) is 0 Å². The number of benzene rings is 3. The van der Waals surface area contributed by atoms with Gasteiger partial charge in [0.15, 0.2) is 5.82 Å². The van der Waals surface area contributed by atoms with Crippen LogP contribution in [0.25, 0.3) is 16.6 Å². The second kappa shape index (κ2) is 9.82. The zero-order valence-corrected chi connectivity index (χ0v) is 21.3. The number of nitrogens with zero attached hydrogens (tertiary/aromatic N) is 4. The smallest absolute Gasteiger partial charge is 0.178 e. The first-order chi connectivity index (χ1) is 16.9. The fourth-order valence-corrected chi connectivity index (χ4v) is 5.26. The van der Waals surface area contributed by atoms with Gasteiger partial charge in [0.25, 0.3) is 0 Å². The highest BCUT2D eigenvalue weighted by Crippen LogP contribution is 2.31. The third-order valence-electron chi connectivity index (χ3n) is 6.43. The summed E-state index contributed by atoms with van der Waals surface area (Å²) in [4.78, 5) is 3.48. The number of aromatic amines is 1. The maximum absolute atomic E-state index is 6.68. The molecule has 0 saturated carbocycles. The third kappa shape index (κ3) is 4.57. The van der Waals surface area contributed by atoms with E-state index in [-0.39, 0.29) is 6.04 Å². The van der Waals surface area contributed by atoms with Crippen LogP contribution in [0.15, 0.2) is 60.7 Å². The first-order valence-electron chi connectivity index (χ1n) is 11.5. The van der Waals surface area contributed by atoms with Crippen molar-refractivity contribution in [2.45, 2.75) is 33.2 Å². The highest BCUT2D eigenvalue weighted by Gasteiger charge is 2.25. The quantitative estimate of drug-likeness (QED) is 0.273. The maximum atomic E-state index is 6.68. The SMILES string of the molecule is Cc1cccc(C)c1-n1nnnc1[C@H](NCCc1c(C)[nH]c2ccccc12)c1ccc(Cl)cc1Cl. The first kappa shape index (κ1) is 23.5. The molecule has 35 heavy (non-hydrogen) atoms. The largest absolute Gasteiger partial charge is 0.358 e. The van der Waals surface area contributed by atoms with Crippen LogP contribution in [0.3, 0.4) is 0 Å². The van der Waals surface area contributed by atoms with E-state index in [1.165, 1.54) is 16.6 Å². The summed E-state index contributed by atoms with van der Waals surface area (Å²) in [6, 6.07) is 19.7. The van der Waals surface area contributed by atoms with Gasteiger partial charge in [-0.2, -0.15) is 4.68 Å².